The van der Waals surface area contributed by atoms with Crippen LogP contribution in [-0.4, -0.2) is 49.4 Å². The van der Waals surface area contributed by atoms with Crippen LogP contribution in [0.15, 0.2) is 12.1 Å². The van der Waals surface area contributed by atoms with Crippen LogP contribution in [0.3, 0.4) is 0 Å². The van der Waals surface area contributed by atoms with Crippen LogP contribution in [0.2, 0.25) is 0 Å². The van der Waals surface area contributed by atoms with Crippen LogP contribution in [0.1, 0.15) is 44.1 Å². The largest absolute Gasteiger partial charge is 0.360 e. The summed E-state index contributed by atoms with van der Waals surface area (Å²) in [5.41, 5.74) is 0.958. The third kappa shape index (κ3) is 5.17. The zero-order valence-electron chi connectivity index (χ0n) is 15.6. The monoisotopic (exact) mass is 379 g/mol. The number of fused-ring (bicyclic) bond motifs is 1. The highest BCUT2D eigenvalue weighted by atomic mass is 19.1. The Hall–Kier alpha value is -2.18. The number of amides is 2. The zero-order valence-corrected chi connectivity index (χ0v) is 15.6. The average molecular weight is 379 g/mol. The van der Waals surface area contributed by atoms with Gasteiger partial charge in [-0.15, -0.1) is 0 Å². The first-order valence-electron chi connectivity index (χ1n) is 9.82. The summed E-state index contributed by atoms with van der Waals surface area (Å²) in [6, 6.07) is 2.22. The molecule has 0 unspecified atom stereocenters. The highest BCUT2D eigenvalue weighted by Crippen LogP contribution is 2.30. The van der Waals surface area contributed by atoms with Gasteiger partial charge in [0.15, 0.2) is 0 Å². The van der Waals surface area contributed by atoms with E-state index in [1.165, 1.54) is 6.07 Å². The van der Waals surface area contributed by atoms with Crippen molar-refractivity contribution < 1.29 is 18.4 Å². The molecule has 1 saturated heterocycles. The Bertz CT molecular complexity index is 696. The molecule has 0 aromatic heterocycles. The van der Waals surface area contributed by atoms with Gasteiger partial charge < -0.3 is 15.1 Å². The molecule has 0 bridgehead atoms. The van der Waals surface area contributed by atoms with Crippen molar-refractivity contribution in [3.05, 3.63) is 29.3 Å². The molecule has 1 aromatic rings. The fourth-order valence-electron chi connectivity index (χ4n) is 3.90. The summed E-state index contributed by atoms with van der Waals surface area (Å²) < 4.78 is 27.6. The van der Waals surface area contributed by atoms with E-state index in [2.05, 4.69) is 5.32 Å². The molecule has 0 aliphatic carbocycles. The van der Waals surface area contributed by atoms with E-state index >= 15 is 0 Å². The molecule has 1 N–H and O–H groups in total. The van der Waals surface area contributed by atoms with Crippen molar-refractivity contribution in [3.8, 4) is 0 Å². The molecule has 2 amide bonds. The fraction of sp³-hybridized carbons (Fsp3) is 0.600. The lowest BCUT2D eigenvalue weighted by Crippen LogP contribution is -2.41. The van der Waals surface area contributed by atoms with E-state index in [4.69, 9.17) is 0 Å². The van der Waals surface area contributed by atoms with Gasteiger partial charge in [0.05, 0.1) is 12.2 Å². The maximum atomic E-state index is 14.2. The van der Waals surface area contributed by atoms with E-state index in [9.17, 15) is 18.4 Å². The number of nitrogens with one attached hydrogen (secondary N) is 1. The molecule has 3 rings (SSSR count). The third-order valence-corrected chi connectivity index (χ3v) is 5.23. The molecule has 2 heterocycles. The van der Waals surface area contributed by atoms with Crippen LogP contribution in [0.4, 0.5) is 14.5 Å². The van der Waals surface area contributed by atoms with Crippen molar-refractivity contribution >= 4 is 17.5 Å². The highest BCUT2D eigenvalue weighted by Gasteiger charge is 2.23. The first kappa shape index (κ1) is 19.6. The molecule has 1 fully saturated rings. The number of halogens is 2. The van der Waals surface area contributed by atoms with Crippen molar-refractivity contribution in [2.75, 3.05) is 37.6 Å². The SMILES string of the molecule is O=C(CN1CCCc2cc(F)cc(F)c21)NCCCN1CCCCCC1=O. The van der Waals surface area contributed by atoms with Crippen LogP contribution in [0, 0.1) is 11.6 Å². The topological polar surface area (TPSA) is 52.7 Å². The maximum absolute atomic E-state index is 14.2. The molecular weight excluding hydrogens is 352 g/mol. The van der Waals surface area contributed by atoms with Crippen molar-refractivity contribution in [3.63, 3.8) is 0 Å². The number of carbonyl (C=O) groups excluding carboxylic acids is 2. The first-order chi connectivity index (χ1) is 13.0. The van der Waals surface area contributed by atoms with E-state index < -0.39 is 11.6 Å². The third-order valence-electron chi connectivity index (χ3n) is 5.23. The van der Waals surface area contributed by atoms with Gasteiger partial charge in [0.2, 0.25) is 11.8 Å². The number of carbonyl (C=O) groups is 2. The molecule has 1 aromatic carbocycles. The molecule has 0 saturated carbocycles. The van der Waals surface area contributed by atoms with Crippen LogP contribution < -0.4 is 10.2 Å². The van der Waals surface area contributed by atoms with E-state index in [1.807, 2.05) is 4.90 Å². The lowest BCUT2D eigenvalue weighted by atomic mass is 10.0. The number of likely N-dealkylation sites (tertiary alicyclic amines) is 1. The molecule has 5 nitrogen and oxygen atoms in total. The quantitative estimate of drug-likeness (QED) is 0.773. The lowest BCUT2D eigenvalue weighted by molar-refractivity contribution is -0.130. The van der Waals surface area contributed by atoms with Crippen molar-refractivity contribution in [1.82, 2.24) is 10.2 Å². The summed E-state index contributed by atoms with van der Waals surface area (Å²) in [6.45, 7) is 2.56. The Kier molecular flexibility index (Phi) is 6.63. The lowest BCUT2D eigenvalue weighted by Gasteiger charge is -2.31. The average Bonchev–Trinajstić information content (AvgIpc) is 2.82. The Morgan fingerprint density at radius 2 is 1.85 bits per heavy atom. The molecule has 0 spiro atoms. The molecule has 148 valence electrons. The Morgan fingerprint density at radius 1 is 1.04 bits per heavy atom. The van der Waals surface area contributed by atoms with Gasteiger partial charge in [0, 0.05) is 38.7 Å². The summed E-state index contributed by atoms with van der Waals surface area (Å²) in [6.07, 6.45) is 5.80. The predicted molar refractivity (Wildman–Crippen MR) is 99.6 cm³/mol. The van der Waals surface area contributed by atoms with Gasteiger partial charge in [-0.05, 0) is 43.7 Å². The molecule has 0 atom stereocenters. The second kappa shape index (κ2) is 9.15. The van der Waals surface area contributed by atoms with Crippen LogP contribution in [0.5, 0.6) is 0 Å². The molecule has 7 heteroatoms. The van der Waals surface area contributed by atoms with Gasteiger partial charge in [-0.1, -0.05) is 6.42 Å². The minimum atomic E-state index is -0.614. The van der Waals surface area contributed by atoms with Crippen LogP contribution in [0.25, 0.3) is 0 Å². The second-order valence-electron chi connectivity index (χ2n) is 7.32. The number of anilines is 1. The Morgan fingerprint density at radius 3 is 2.70 bits per heavy atom. The van der Waals surface area contributed by atoms with Gasteiger partial charge in [-0.2, -0.15) is 0 Å². The van der Waals surface area contributed by atoms with Gasteiger partial charge in [0.1, 0.15) is 11.6 Å². The van der Waals surface area contributed by atoms with Crippen molar-refractivity contribution in [1.29, 1.82) is 0 Å². The number of hydrogen-bond donors (Lipinski definition) is 1. The predicted octanol–water partition coefficient (Wildman–Crippen LogP) is 2.63. The van der Waals surface area contributed by atoms with E-state index in [0.717, 1.165) is 38.3 Å². The summed E-state index contributed by atoms with van der Waals surface area (Å²) >= 11 is 0. The van der Waals surface area contributed by atoms with E-state index in [0.29, 0.717) is 50.1 Å². The Labute approximate surface area is 158 Å². The normalized spacial score (nSPS) is 17.5. The minimum absolute atomic E-state index is 0.0538. The summed E-state index contributed by atoms with van der Waals surface area (Å²) in [5.74, 6) is -1.18. The fourth-order valence-corrected chi connectivity index (χ4v) is 3.90. The summed E-state index contributed by atoms with van der Waals surface area (Å²) in [7, 11) is 0. The minimum Gasteiger partial charge on any atom is -0.360 e. The number of aryl methyl sites for hydroxylation is 1. The Balaban J connectivity index is 1.46. The van der Waals surface area contributed by atoms with Gasteiger partial charge in [0.25, 0.3) is 0 Å². The second-order valence-corrected chi connectivity index (χ2v) is 7.32. The molecule has 2 aliphatic rings. The maximum Gasteiger partial charge on any atom is 0.239 e. The number of nitrogens with zero attached hydrogens (tertiary/aromatic N) is 2. The van der Waals surface area contributed by atoms with Gasteiger partial charge >= 0.3 is 0 Å². The number of benzene rings is 1. The van der Waals surface area contributed by atoms with Crippen molar-refractivity contribution in [2.24, 2.45) is 0 Å². The van der Waals surface area contributed by atoms with Gasteiger partial charge in [-0.3, -0.25) is 9.59 Å². The first-order valence-corrected chi connectivity index (χ1v) is 9.82. The highest BCUT2D eigenvalue weighted by molar-refractivity contribution is 5.82. The summed E-state index contributed by atoms with van der Waals surface area (Å²) in [5, 5.41) is 2.85. The van der Waals surface area contributed by atoms with E-state index in [-0.39, 0.29) is 18.4 Å². The van der Waals surface area contributed by atoms with Gasteiger partial charge in [-0.25, -0.2) is 8.78 Å². The molecule has 2 aliphatic heterocycles. The number of rotatable bonds is 6. The van der Waals surface area contributed by atoms with Crippen molar-refractivity contribution in [2.45, 2.75) is 44.9 Å². The standard InChI is InChI=1S/C20H27F2N3O2/c21-16-12-15-6-4-10-25(20(15)17(22)13-16)14-18(26)23-8-5-11-24-9-3-1-2-7-19(24)27/h12-13H,1-11,14H2,(H,23,26). The molecule has 0 radical (unpaired) electrons. The van der Waals surface area contributed by atoms with Crippen LogP contribution >= 0.6 is 0 Å². The zero-order chi connectivity index (χ0) is 19.2. The smallest absolute Gasteiger partial charge is 0.239 e. The van der Waals surface area contributed by atoms with Crippen LogP contribution in [-0.2, 0) is 16.0 Å². The van der Waals surface area contributed by atoms with E-state index in [1.54, 1.807) is 4.90 Å². The molecular formula is C20H27F2N3O2. The summed E-state index contributed by atoms with van der Waals surface area (Å²) in [4.78, 5) is 27.7. The molecule has 27 heavy (non-hydrogen) atoms. The number of hydrogen-bond acceptors (Lipinski definition) is 3.